The van der Waals surface area contributed by atoms with E-state index in [0.717, 1.165) is 45.1 Å². The maximum absolute atomic E-state index is 12.1. The van der Waals surface area contributed by atoms with Gasteiger partial charge < -0.3 is 15.7 Å². The van der Waals surface area contributed by atoms with Gasteiger partial charge >= 0.3 is 0 Å². The first kappa shape index (κ1) is 12.8. The summed E-state index contributed by atoms with van der Waals surface area (Å²) < 4.78 is 0. The van der Waals surface area contributed by atoms with Crippen LogP contribution in [0.5, 0.6) is 0 Å². The molecule has 0 aromatic carbocycles. The van der Waals surface area contributed by atoms with Gasteiger partial charge in [0.05, 0.1) is 12.1 Å². The van der Waals surface area contributed by atoms with Crippen molar-refractivity contribution >= 4 is 5.91 Å². The first-order valence-electron chi connectivity index (χ1n) is 6.88. The van der Waals surface area contributed by atoms with Crippen molar-refractivity contribution in [3.63, 3.8) is 0 Å². The van der Waals surface area contributed by atoms with E-state index in [1.165, 1.54) is 0 Å². The number of carbonyl (C=O) groups is 1. The number of hydrogen-bond donors (Lipinski definition) is 3. The zero-order valence-corrected chi connectivity index (χ0v) is 10.6. The molecule has 0 bridgehead atoms. The van der Waals surface area contributed by atoms with Crippen molar-refractivity contribution in [2.75, 3.05) is 6.54 Å². The molecule has 0 aromatic rings. The van der Waals surface area contributed by atoms with Gasteiger partial charge in [0.15, 0.2) is 0 Å². The van der Waals surface area contributed by atoms with E-state index in [9.17, 15) is 9.90 Å². The fourth-order valence-electron chi connectivity index (χ4n) is 2.95. The van der Waals surface area contributed by atoms with E-state index in [4.69, 9.17) is 0 Å². The summed E-state index contributed by atoms with van der Waals surface area (Å²) in [6.45, 7) is 3.04. The average molecular weight is 240 g/mol. The number of rotatable bonds is 2. The second-order valence-electron chi connectivity index (χ2n) is 5.54. The molecule has 2 rings (SSSR count). The minimum absolute atomic E-state index is 0.0126. The third-order valence-electron chi connectivity index (χ3n) is 4.05. The molecule has 1 aliphatic carbocycles. The molecule has 0 radical (unpaired) electrons. The highest BCUT2D eigenvalue weighted by atomic mass is 16.3. The molecule has 1 amide bonds. The number of carbonyl (C=O) groups excluding carboxylic acids is 1. The lowest BCUT2D eigenvalue weighted by Crippen LogP contribution is -2.49. The summed E-state index contributed by atoms with van der Waals surface area (Å²) >= 11 is 0. The largest absolute Gasteiger partial charge is 0.391 e. The molecule has 17 heavy (non-hydrogen) atoms. The van der Waals surface area contributed by atoms with E-state index in [2.05, 4.69) is 17.6 Å². The molecule has 1 saturated heterocycles. The number of hydrogen-bond acceptors (Lipinski definition) is 3. The number of piperidine rings is 1. The average Bonchev–Trinajstić information content (AvgIpc) is 2.32. The van der Waals surface area contributed by atoms with Crippen LogP contribution in [-0.2, 0) is 4.79 Å². The number of aliphatic hydroxyl groups is 1. The fourth-order valence-corrected chi connectivity index (χ4v) is 2.95. The van der Waals surface area contributed by atoms with E-state index in [0.29, 0.717) is 6.04 Å². The molecule has 4 atom stereocenters. The Kier molecular flexibility index (Phi) is 4.40. The Morgan fingerprint density at radius 1 is 1.29 bits per heavy atom. The summed E-state index contributed by atoms with van der Waals surface area (Å²) in [6, 6.07) is 0.414. The normalized spacial score (nSPS) is 38.7. The quantitative estimate of drug-likeness (QED) is 0.669. The van der Waals surface area contributed by atoms with E-state index in [-0.39, 0.29) is 24.0 Å². The molecular formula is C13H24N2O2. The maximum atomic E-state index is 12.1. The summed E-state index contributed by atoms with van der Waals surface area (Å²) in [7, 11) is 0. The Bertz CT molecular complexity index is 270. The van der Waals surface area contributed by atoms with Gasteiger partial charge in [-0.2, -0.15) is 0 Å². The fraction of sp³-hybridized carbons (Fsp3) is 0.923. The van der Waals surface area contributed by atoms with Crippen LogP contribution in [0.15, 0.2) is 0 Å². The minimum Gasteiger partial charge on any atom is -0.391 e. The highest BCUT2D eigenvalue weighted by molar-refractivity contribution is 5.79. The first-order chi connectivity index (χ1) is 8.16. The molecular weight excluding hydrogens is 216 g/mol. The zero-order valence-electron chi connectivity index (χ0n) is 10.6. The van der Waals surface area contributed by atoms with Gasteiger partial charge in [0.1, 0.15) is 0 Å². The lowest BCUT2D eigenvalue weighted by molar-refractivity contribution is -0.128. The van der Waals surface area contributed by atoms with Crippen molar-refractivity contribution < 1.29 is 9.90 Å². The predicted octanol–water partition coefficient (Wildman–Crippen LogP) is 0.794. The van der Waals surface area contributed by atoms with E-state index in [1.807, 2.05) is 0 Å². The first-order valence-corrected chi connectivity index (χ1v) is 6.88. The highest BCUT2D eigenvalue weighted by Gasteiger charge is 2.29. The van der Waals surface area contributed by atoms with Crippen molar-refractivity contribution in [2.24, 2.45) is 5.92 Å². The van der Waals surface area contributed by atoms with Gasteiger partial charge in [-0.1, -0.05) is 12.8 Å². The summed E-state index contributed by atoms with van der Waals surface area (Å²) in [5, 5.41) is 16.2. The van der Waals surface area contributed by atoms with Crippen molar-refractivity contribution in [1.82, 2.24) is 10.6 Å². The summed E-state index contributed by atoms with van der Waals surface area (Å²) in [4.78, 5) is 12.1. The standard InChI is InChI=1S/C13H24N2O2/c1-9-8-10(6-7-14-9)13(17)15-11-4-2-3-5-12(11)16/h9-12,14,16H,2-8H2,1H3,(H,15,17)/t9-,10-,11?,12?/m0/s1. The lowest BCUT2D eigenvalue weighted by atomic mass is 9.89. The molecule has 2 aliphatic rings. The van der Waals surface area contributed by atoms with Crippen LogP contribution >= 0.6 is 0 Å². The molecule has 98 valence electrons. The molecule has 1 heterocycles. The molecule has 2 unspecified atom stereocenters. The van der Waals surface area contributed by atoms with Gasteiger partial charge in [-0.3, -0.25) is 4.79 Å². The third-order valence-corrected chi connectivity index (χ3v) is 4.05. The van der Waals surface area contributed by atoms with Gasteiger partial charge in [0.2, 0.25) is 5.91 Å². The smallest absolute Gasteiger partial charge is 0.223 e. The molecule has 4 heteroatoms. The third kappa shape index (κ3) is 3.42. The Hall–Kier alpha value is -0.610. The number of nitrogens with one attached hydrogen (secondary N) is 2. The Morgan fingerprint density at radius 2 is 2.06 bits per heavy atom. The maximum Gasteiger partial charge on any atom is 0.223 e. The van der Waals surface area contributed by atoms with Crippen LogP contribution in [0.2, 0.25) is 0 Å². The topological polar surface area (TPSA) is 61.4 Å². The van der Waals surface area contributed by atoms with Crippen molar-refractivity contribution in [2.45, 2.75) is 63.6 Å². The summed E-state index contributed by atoms with van der Waals surface area (Å²) in [5.74, 6) is 0.268. The second kappa shape index (κ2) is 5.83. The summed E-state index contributed by atoms with van der Waals surface area (Å²) in [5.41, 5.74) is 0. The van der Waals surface area contributed by atoms with Gasteiger partial charge in [-0.05, 0) is 39.2 Å². The van der Waals surface area contributed by atoms with Crippen LogP contribution in [0.25, 0.3) is 0 Å². The molecule has 2 fully saturated rings. The van der Waals surface area contributed by atoms with E-state index in [1.54, 1.807) is 0 Å². The van der Waals surface area contributed by atoms with Crippen molar-refractivity contribution in [1.29, 1.82) is 0 Å². The van der Waals surface area contributed by atoms with Crippen LogP contribution in [0.4, 0.5) is 0 Å². The Labute approximate surface area is 103 Å². The number of aliphatic hydroxyl groups excluding tert-OH is 1. The van der Waals surface area contributed by atoms with Crippen molar-refractivity contribution in [3.05, 3.63) is 0 Å². The van der Waals surface area contributed by atoms with Crippen LogP contribution in [-0.4, -0.2) is 35.7 Å². The van der Waals surface area contributed by atoms with Crippen LogP contribution in [0.1, 0.15) is 45.4 Å². The van der Waals surface area contributed by atoms with E-state index < -0.39 is 0 Å². The molecule has 0 spiro atoms. The van der Waals surface area contributed by atoms with Gasteiger partial charge in [0.25, 0.3) is 0 Å². The monoisotopic (exact) mass is 240 g/mol. The highest BCUT2D eigenvalue weighted by Crippen LogP contribution is 2.21. The molecule has 1 aliphatic heterocycles. The van der Waals surface area contributed by atoms with Crippen molar-refractivity contribution in [3.8, 4) is 0 Å². The zero-order chi connectivity index (χ0) is 12.3. The Balaban J connectivity index is 1.83. The van der Waals surface area contributed by atoms with Gasteiger partial charge in [-0.25, -0.2) is 0 Å². The van der Waals surface area contributed by atoms with Gasteiger partial charge in [0, 0.05) is 12.0 Å². The SMILES string of the molecule is C[C@H]1C[C@@H](C(=O)NC2CCCCC2O)CCN1. The molecule has 4 nitrogen and oxygen atoms in total. The molecule has 0 aromatic heterocycles. The summed E-state index contributed by atoms with van der Waals surface area (Å²) in [6.07, 6.45) is 5.43. The molecule has 1 saturated carbocycles. The minimum atomic E-state index is -0.341. The van der Waals surface area contributed by atoms with Crippen LogP contribution in [0, 0.1) is 5.92 Å². The van der Waals surface area contributed by atoms with Crippen LogP contribution < -0.4 is 10.6 Å². The molecule has 3 N–H and O–H groups in total. The predicted molar refractivity (Wildman–Crippen MR) is 66.6 cm³/mol. The second-order valence-corrected chi connectivity index (χ2v) is 5.54. The van der Waals surface area contributed by atoms with E-state index >= 15 is 0 Å². The van der Waals surface area contributed by atoms with Crippen LogP contribution in [0.3, 0.4) is 0 Å². The Morgan fingerprint density at radius 3 is 2.76 bits per heavy atom. The van der Waals surface area contributed by atoms with Gasteiger partial charge in [-0.15, -0.1) is 0 Å². The lowest BCUT2D eigenvalue weighted by Gasteiger charge is -2.32. The number of amides is 1.